The summed E-state index contributed by atoms with van der Waals surface area (Å²) >= 11 is 0. The summed E-state index contributed by atoms with van der Waals surface area (Å²) in [6, 6.07) is 12.3. The Hall–Kier alpha value is -3.48. The molecule has 158 valence electrons. The first-order valence-electron chi connectivity index (χ1n) is 9.64. The van der Waals surface area contributed by atoms with Crippen molar-refractivity contribution in [1.82, 2.24) is 0 Å². The molecule has 0 bridgehead atoms. The Morgan fingerprint density at radius 3 is 1.27 bits per heavy atom. The first-order valence-corrected chi connectivity index (χ1v) is 9.64. The van der Waals surface area contributed by atoms with Crippen LogP contribution in [0.15, 0.2) is 48.5 Å². The summed E-state index contributed by atoms with van der Waals surface area (Å²) in [7, 11) is 0. The maximum atomic E-state index is 12.0. The summed E-state index contributed by atoms with van der Waals surface area (Å²) in [6.45, 7) is 3.84. The summed E-state index contributed by atoms with van der Waals surface area (Å²) in [5.74, 6) is -1.47. The minimum atomic E-state index is -0.493. The molecule has 0 aliphatic rings. The zero-order valence-electron chi connectivity index (χ0n) is 17.0. The summed E-state index contributed by atoms with van der Waals surface area (Å²) < 4.78 is 15.2. The van der Waals surface area contributed by atoms with Gasteiger partial charge in [-0.1, -0.05) is 12.1 Å². The van der Waals surface area contributed by atoms with E-state index in [2.05, 4.69) is 0 Å². The second kappa shape index (κ2) is 11.5. The second-order valence-corrected chi connectivity index (χ2v) is 6.41. The second-order valence-electron chi connectivity index (χ2n) is 6.41. The minimum absolute atomic E-state index is 0.0700. The molecule has 7 nitrogen and oxygen atoms in total. The fraction of sp³-hybridized carbons (Fsp3) is 0.304. The van der Waals surface area contributed by atoms with E-state index in [-0.39, 0.29) is 25.6 Å². The predicted molar refractivity (Wildman–Crippen MR) is 109 cm³/mol. The molecule has 0 amide bonds. The number of carbonyl (C=O) groups excluding carboxylic acids is 4. The molecule has 0 aliphatic carbocycles. The molecule has 0 N–H and O–H groups in total. The lowest BCUT2D eigenvalue weighted by molar-refractivity contribution is 0.0432. The van der Waals surface area contributed by atoms with Gasteiger partial charge < -0.3 is 14.2 Å². The maximum absolute atomic E-state index is 12.0. The zero-order chi connectivity index (χ0) is 21.9. The maximum Gasteiger partial charge on any atom is 0.338 e. The van der Waals surface area contributed by atoms with Gasteiger partial charge in [0.25, 0.3) is 0 Å². The third-order valence-corrected chi connectivity index (χ3v) is 4.16. The fourth-order valence-electron chi connectivity index (χ4n) is 2.50. The van der Waals surface area contributed by atoms with Crippen LogP contribution in [0.4, 0.5) is 0 Å². The van der Waals surface area contributed by atoms with Gasteiger partial charge in [0.05, 0.1) is 36.5 Å². The molecule has 2 rings (SSSR count). The highest BCUT2D eigenvalue weighted by atomic mass is 16.5. The van der Waals surface area contributed by atoms with E-state index in [1.165, 1.54) is 31.2 Å². The lowest BCUT2D eigenvalue weighted by Crippen LogP contribution is -2.10. The Morgan fingerprint density at radius 2 is 0.933 bits per heavy atom. The first-order chi connectivity index (χ1) is 14.4. The number of carbonyl (C=O) groups is 4. The van der Waals surface area contributed by atoms with Crippen LogP contribution >= 0.6 is 0 Å². The average Bonchev–Trinajstić information content (AvgIpc) is 2.76. The van der Waals surface area contributed by atoms with Crippen molar-refractivity contribution >= 4 is 23.7 Å². The van der Waals surface area contributed by atoms with E-state index >= 15 is 0 Å². The Balaban J connectivity index is 1.66. The highest BCUT2D eigenvalue weighted by molar-refractivity contribution is 5.96. The Morgan fingerprint density at radius 1 is 0.600 bits per heavy atom. The van der Waals surface area contributed by atoms with Crippen molar-refractivity contribution in [2.45, 2.75) is 26.7 Å². The van der Waals surface area contributed by atoms with Gasteiger partial charge in [-0.3, -0.25) is 4.79 Å². The van der Waals surface area contributed by atoms with Crippen LogP contribution in [0.1, 0.15) is 68.1 Å². The van der Waals surface area contributed by atoms with Gasteiger partial charge in [0.15, 0.2) is 5.78 Å². The lowest BCUT2D eigenvalue weighted by atomic mass is 10.1. The van der Waals surface area contributed by atoms with Crippen LogP contribution in [0, 0.1) is 0 Å². The molecule has 0 spiro atoms. The van der Waals surface area contributed by atoms with E-state index in [0.717, 1.165) is 0 Å². The number of ketones is 1. The SMILES string of the molecule is CCOC(=O)c1ccc(C(=O)OCCCCOC(=O)c2ccc(C(C)=O)cc2)cc1. The number of ether oxygens (including phenoxy) is 3. The van der Waals surface area contributed by atoms with Gasteiger partial charge in [-0.2, -0.15) is 0 Å². The monoisotopic (exact) mass is 412 g/mol. The molecule has 0 fully saturated rings. The van der Waals surface area contributed by atoms with E-state index in [4.69, 9.17) is 14.2 Å². The number of hydrogen-bond acceptors (Lipinski definition) is 7. The van der Waals surface area contributed by atoms with Gasteiger partial charge in [-0.25, -0.2) is 14.4 Å². The van der Waals surface area contributed by atoms with Crippen molar-refractivity contribution in [1.29, 1.82) is 0 Å². The van der Waals surface area contributed by atoms with Crippen LogP contribution in [0.3, 0.4) is 0 Å². The predicted octanol–water partition coefficient (Wildman–Crippen LogP) is 3.86. The molecule has 0 aromatic heterocycles. The quantitative estimate of drug-likeness (QED) is 0.253. The van der Waals surface area contributed by atoms with Crippen LogP contribution in [0.2, 0.25) is 0 Å². The molecule has 2 aromatic rings. The third kappa shape index (κ3) is 6.84. The number of unbranched alkanes of at least 4 members (excludes halogenated alkanes) is 1. The molecule has 0 aliphatic heterocycles. The molecule has 0 unspecified atom stereocenters. The van der Waals surface area contributed by atoms with Crippen LogP contribution in [-0.2, 0) is 14.2 Å². The standard InChI is InChI=1S/C23H24O7/c1-3-28-21(25)18-10-12-20(13-11-18)23(27)30-15-5-4-14-29-22(26)19-8-6-17(7-9-19)16(2)24/h6-13H,3-5,14-15H2,1-2H3. The van der Waals surface area contributed by atoms with E-state index in [1.807, 2.05) is 0 Å². The van der Waals surface area contributed by atoms with Gasteiger partial charge in [0.1, 0.15) is 0 Å². The number of benzene rings is 2. The third-order valence-electron chi connectivity index (χ3n) is 4.16. The smallest absolute Gasteiger partial charge is 0.338 e. The molecule has 7 heteroatoms. The zero-order valence-corrected chi connectivity index (χ0v) is 17.0. The lowest BCUT2D eigenvalue weighted by Gasteiger charge is -2.07. The van der Waals surface area contributed by atoms with E-state index < -0.39 is 17.9 Å². The molecular weight excluding hydrogens is 388 g/mol. The Bertz CT molecular complexity index is 883. The number of rotatable bonds is 10. The van der Waals surface area contributed by atoms with Gasteiger partial charge in [-0.05, 0) is 63.1 Å². The van der Waals surface area contributed by atoms with Crippen LogP contribution < -0.4 is 0 Å². The van der Waals surface area contributed by atoms with E-state index in [0.29, 0.717) is 35.1 Å². The number of hydrogen-bond donors (Lipinski definition) is 0. The number of Topliss-reactive ketones (excluding diaryl/α,β-unsaturated/α-hetero) is 1. The van der Waals surface area contributed by atoms with Gasteiger partial charge >= 0.3 is 17.9 Å². The normalized spacial score (nSPS) is 10.2. The van der Waals surface area contributed by atoms with Crippen molar-refractivity contribution in [3.8, 4) is 0 Å². The molecular formula is C23H24O7. The van der Waals surface area contributed by atoms with Crippen molar-refractivity contribution in [3.05, 3.63) is 70.8 Å². The topological polar surface area (TPSA) is 96.0 Å². The van der Waals surface area contributed by atoms with Gasteiger partial charge in [0.2, 0.25) is 0 Å². The van der Waals surface area contributed by atoms with E-state index in [1.54, 1.807) is 31.2 Å². The molecule has 0 heterocycles. The molecule has 2 aromatic carbocycles. The highest BCUT2D eigenvalue weighted by Gasteiger charge is 2.11. The Labute approximate surface area is 174 Å². The summed E-state index contributed by atoms with van der Waals surface area (Å²) in [4.78, 5) is 46.8. The van der Waals surface area contributed by atoms with Crippen molar-refractivity contribution in [2.24, 2.45) is 0 Å². The minimum Gasteiger partial charge on any atom is -0.462 e. The Kier molecular flexibility index (Phi) is 8.75. The largest absolute Gasteiger partial charge is 0.462 e. The van der Waals surface area contributed by atoms with Gasteiger partial charge in [0, 0.05) is 5.56 Å². The molecule has 30 heavy (non-hydrogen) atoms. The molecule has 0 saturated carbocycles. The average molecular weight is 412 g/mol. The highest BCUT2D eigenvalue weighted by Crippen LogP contribution is 2.09. The fourth-order valence-corrected chi connectivity index (χ4v) is 2.50. The first kappa shape index (κ1) is 22.8. The van der Waals surface area contributed by atoms with Gasteiger partial charge in [-0.15, -0.1) is 0 Å². The van der Waals surface area contributed by atoms with Crippen molar-refractivity contribution in [3.63, 3.8) is 0 Å². The van der Waals surface area contributed by atoms with Crippen molar-refractivity contribution in [2.75, 3.05) is 19.8 Å². The summed E-state index contributed by atoms with van der Waals surface area (Å²) in [5.41, 5.74) is 1.61. The van der Waals surface area contributed by atoms with E-state index in [9.17, 15) is 19.2 Å². The summed E-state index contributed by atoms with van der Waals surface area (Å²) in [6.07, 6.45) is 1.07. The molecule has 0 radical (unpaired) electrons. The van der Waals surface area contributed by atoms with Crippen molar-refractivity contribution < 1.29 is 33.4 Å². The van der Waals surface area contributed by atoms with Crippen LogP contribution in [-0.4, -0.2) is 43.5 Å². The van der Waals surface area contributed by atoms with Crippen LogP contribution in [0.5, 0.6) is 0 Å². The summed E-state index contributed by atoms with van der Waals surface area (Å²) in [5, 5.41) is 0. The van der Waals surface area contributed by atoms with Crippen LogP contribution in [0.25, 0.3) is 0 Å². The molecule has 0 atom stereocenters. The molecule has 0 saturated heterocycles. The number of esters is 3.